The third-order valence-electron chi connectivity index (χ3n) is 2.37. The van der Waals surface area contributed by atoms with Gasteiger partial charge in [0.05, 0.1) is 12.8 Å². The molecule has 0 aliphatic heterocycles. The Morgan fingerprint density at radius 3 is 2.61 bits per heavy atom. The molecule has 0 bridgehead atoms. The molecule has 0 N–H and O–H groups in total. The number of benzene rings is 1. The number of carbonyl (C=O) groups excluding carboxylic acids is 1. The SMILES string of the molecule is COC(=O)c1cccc(-c2cccc(F)c2F)n1. The minimum atomic E-state index is -0.994. The molecular weight excluding hydrogens is 240 g/mol. The van der Waals surface area contributed by atoms with E-state index in [0.717, 1.165) is 6.07 Å². The Morgan fingerprint density at radius 1 is 1.17 bits per heavy atom. The smallest absolute Gasteiger partial charge is 0.356 e. The number of ether oxygens (including phenoxy) is 1. The molecule has 0 unspecified atom stereocenters. The van der Waals surface area contributed by atoms with E-state index in [2.05, 4.69) is 9.72 Å². The van der Waals surface area contributed by atoms with Crippen LogP contribution in [0.15, 0.2) is 36.4 Å². The van der Waals surface area contributed by atoms with Crippen molar-refractivity contribution in [2.45, 2.75) is 0 Å². The molecule has 5 heteroatoms. The van der Waals surface area contributed by atoms with Gasteiger partial charge in [0.25, 0.3) is 0 Å². The average molecular weight is 249 g/mol. The van der Waals surface area contributed by atoms with Gasteiger partial charge in [-0.25, -0.2) is 18.6 Å². The summed E-state index contributed by atoms with van der Waals surface area (Å²) in [4.78, 5) is 15.2. The molecule has 0 aliphatic rings. The first-order chi connectivity index (χ1) is 8.63. The average Bonchev–Trinajstić information content (AvgIpc) is 2.41. The van der Waals surface area contributed by atoms with Crippen molar-refractivity contribution in [3.05, 3.63) is 53.7 Å². The lowest BCUT2D eigenvalue weighted by Crippen LogP contribution is -2.05. The van der Waals surface area contributed by atoms with Crippen LogP contribution >= 0.6 is 0 Å². The van der Waals surface area contributed by atoms with E-state index in [9.17, 15) is 13.6 Å². The maximum Gasteiger partial charge on any atom is 0.356 e. The summed E-state index contributed by atoms with van der Waals surface area (Å²) in [6.07, 6.45) is 0. The zero-order chi connectivity index (χ0) is 13.1. The van der Waals surface area contributed by atoms with Crippen molar-refractivity contribution >= 4 is 5.97 Å². The third-order valence-corrected chi connectivity index (χ3v) is 2.37. The first-order valence-corrected chi connectivity index (χ1v) is 5.13. The van der Waals surface area contributed by atoms with Gasteiger partial charge >= 0.3 is 5.97 Å². The second-order valence-electron chi connectivity index (χ2n) is 3.50. The summed E-state index contributed by atoms with van der Waals surface area (Å²) in [5.41, 5.74) is 0.217. The molecular formula is C13H9F2NO2. The molecule has 0 atom stereocenters. The number of hydrogen-bond donors (Lipinski definition) is 0. The lowest BCUT2D eigenvalue weighted by molar-refractivity contribution is 0.0594. The molecule has 18 heavy (non-hydrogen) atoms. The number of methoxy groups -OCH3 is 1. The number of esters is 1. The molecule has 0 amide bonds. The fourth-order valence-electron chi connectivity index (χ4n) is 1.50. The zero-order valence-electron chi connectivity index (χ0n) is 9.48. The fraction of sp³-hybridized carbons (Fsp3) is 0.0769. The normalized spacial score (nSPS) is 10.2. The molecule has 0 radical (unpaired) electrons. The Balaban J connectivity index is 2.51. The van der Waals surface area contributed by atoms with Gasteiger partial charge in [0.2, 0.25) is 0 Å². The molecule has 92 valence electrons. The molecule has 3 nitrogen and oxygen atoms in total. The topological polar surface area (TPSA) is 39.2 Å². The largest absolute Gasteiger partial charge is 0.464 e. The minimum Gasteiger partial charge on any atom is -0.464 e. The quantitative estimate of drug-likeness (QED) is 0.768. The van der Waals surface area contributed by atoms with Crippen LogP contribution in [0.3, 0.4) is 0 Å². The van der Waals surface area contributed by atoms with E-state index in [-0.39, 0.29) is 17.0 Å². The van der Waals surface area contributed by atoms with Crippen LogP contribution in [0, 0.1) is 11.6 Å². The first kappa shape index (κ1) is 12.2. The Hall–Kier alpha value is -2.30. The van der Waals surface area contributed by atoms with Gasteiger partial charge < -0.3 is 4.74 Å². The maximum atomic E-state index is 13.6. The van der Waals surface area contributed by atoms with Gasteiger partial charge in [-0.2, -0.15) is 0 Å². The number of nitrogens with zero attached hydrogens (tertiary/aromatic N) is 1. The number of carbonyl (C=O) groups is 1. The van der Waals surface area contributed by atoms with Gasteiger partial charge in [-0.1, -0.05) is 12.1 Å². The second-order valence-corrected chi connectivity index (χ2v) is 3.50. The lowest BCUT2D eigenvalue weighted by atomic mass is 10.1. The molecule has 0 saturated carbocycles. The van der Waals surface area contributed by atoms with Crippen LogP contribution < -0.4 is 0 Å². The van der Waals surface area contributed by atoms with E-state index in [1.807, 2.05) is 0 Å². The Kier molecular flexibility index (Phi) is 3.32. The van der Waals surface area contributed by atoms with Gasteiger partial charge in [-0.05, 0) is 24.3 Å². The second kappa shape index (κ2) is 4.91. The summed E-state index contributed by atoms with van der Waals surface area (Å²) >= 11 is 0. The maximum absolute atomic E-state index is 13.6. The van der Waals surface area contributed by atoms with E-state index < -0.39 is 17.6 Å². The van der Waals surface area contributed by atoms with Crippen LogP contribution in [0.4, 0.5) is 8.78 Å². The van der Waals surface area contributed by atoms with Crippen LogP contribution in [0.5, 0.6) is 0 Å². The first-order valence-electron chi connectivity index (χ1n) is 5.13. The number of hydrogen-bond acceptors (Lipinski definition) is 3. The van der Waals surface area contributed by atoms with E-state index >= 15 is 0 Å². The van der Waals surface area contributed by atoms with E-state index in [1.165, 1.54) is 37.4 Å². The van der Waals surface area contributed by atoms with Crippen molar-refractivity contribution < 1.29 is 18.3 Å². The summed E-state index contributed by atoms with van der Waals surface area (Å²) in [6.45, 7) is 0. The predicted molar refractivity (Wildman–Crippen MR) is 60.9 cm³/mol. The molecule has 0 spiro atoms. The zero-order valence-corrected chi connectivity index (χ0v) is 9.48. The van der Waals surface area contributed by atoms with Crippen molar-refractivity contribution in [1.29, 1.82) is 0 Å². The summed E-state index contributed by atoms with van der Waals surface area (Å²) in [7, 11) is 1.22. The molecule has 1 heterocycles. The highest BCUT2D eigenvalue weighted by Gasteiger charge is 2.13. The third kappa shape index (κ3) is 2.20. The van der Waals surface area contributed by atoms with Gasteiger partial charge in [0.1, 0.15) is 5.69 Å². The minimum absolute atomic E-state index is 0.000697. The molecule has 1 aromatic heterocycles. The van der Waals surface area contributed by atoms with Crippen LogP contribution in [-0.4, -0.2) is 18.1 Å². The Bertz CT molecular complexity index is 599. The van der Waals surface area contributed by atoms with E-state index in [0.29, 0.717) is 0 Å². The van der Waals surface area contributed by atoms with Gasteiger partial charge in [0, 0.05) is 5.56 Å². The van der Waals surface area contributed by atoms with Crippen molar-refractivity contribution in [3.8, 4) is 11.3 Å². The van der Waals surface area contributed by atoms with E-state index in [4.69, 9.17) is 0 Å². The van der Waals surface area contributed by atoms with E-state index in [1.54, 1.807) is 0 Å². The molecule has 2 rings (SSSR count). The summed E-state index contributed by atoms with van der Waals surface area (Å²) in [5, 5.41) is 0. The van der Waals surface area contributed by atoms with Gasteiger partial charge in [0.15, 0.2) is 11.6 Å². The summed E-state index contributed by atoms with van der Waals surface area (Å²) in [6, 6.07) is 8.24. The van der Waals surface area contributed by atoms with Crippen LogP contribution in [0.25, 0.3) is 11.3 Å². The lowest BCUT2D eigenvalue weighted by Gasteiger charge is -2.05. The van der Waals surface area contributed by atoms with Gasteiger partial charge in [-0.3, -0.25) is 0 Å². The molecule has 0 fully saturated rings. The Morgan fingerprint density at radius 2 is 1.89 bits per heavy atom. The van der Waals surface area contributed by atoms with Crippen LogP contribution in [-0.2, 0) is 4.74 Å². The van der Waals surface area contributed by atoms with Crippen LogP contribution in [0.1, 0.15) is 10.5 Å². The highest BCUT2D eigenvalue weighted by atomic mass is 19.2. The standard InChI is InChI=1S/C13H9F2NO2/c1-18-13(17)11-7-3-6-10(16-11)8-4-2-5-9(14)12(8)15/h2-7H,1H3. The highest BCUT2D eigenvalue weighted by molar-refractivity contribution is 5.87. The van der Waals surface area contributed by atoms with Crippen LogP contribution in [0.2, 0.25) is 0 Å². The number of pyridine rings is 1. The summed E-state index contributed by atoms with van der Waals surface area (Å²) < 4.78 is 31.2. The molecule has 2 aromatic rings. The molecule has 0 saturated heterocycles. The Labute approximate surface area is 102 Å². The number of halogens is 2. The van der Waals surface area contributed by atoms with Gasteiger partial charge in [-0.15, -0.1) is 0 Å². The van der Waals surface area contributed by atoms with Crippen molar-refractivity contribution in [2.24, 2.45) is 0 Å². The highest BCUT2D eigenvalue weighted by Crippen LogP contribution is 2.22. The summed E-state index contributed by atoms with van der Waals surface area (Å²) in [5.74, 6) is -2.58. The molecule has 1 aromatic carbocycles. The predicted octanol–water partition coefficient (Wildman–Crippen LogP) is 2.81. The van der Waals surface area contributed by atoms with Crippen molar-refractivity contribution in [1.82, 2.24) is 4.98 Å². The number of aromatic nitrogens is 1. The number of rotatable bonds is 2. The molecule has 0 aliphatic carbocycles. The monoisotopic (exact) mass is 249 g/mol. The fourth-order valence-corrected chi connectivity index (χ4v) is 1.50. The van der Waals surface area contributed by atoms with Crippen molar-refractivity contribution in [3.63, 3.8) is 0 Å². The van der Waals surface area contributed by atoms with Crippen molar-refractivity contribution in [2.75, 3.05) is 7.11 Å².